The van der Waals surface area contributed by atoms with Gasteiger partial charge in [-0.2, -0.15) is 0 Å². The number of rotatable bonds is 3. The minimum atomic E-state index is -0.371. The first-order valence-electron chi connectivity index (χ1n) is 9.98. The molecule has 2 aromatic rings. The largest absolute Gasteiger partial charge is 0.362 e. The van der Waals surface area contributed by atoms with Gasteiger partial charge in [0, 0.05) is 41.1 Å². The molecule has 0 fully saturated rings. The number of dihydropyridines is 1. The van der Waals surface area contributed by atoms with Crippen LogP contribution in [0, 0.1) is 13.8 Å². The normalized spacial score (nSPS) is 19.0. The molecule has 2 aliphatic rings. The number of pyridine rings is 1. The van der Waals surface area contributed by atoms with Crippen LogP contribution in [0.4, 0.5) is 5.82 Å². The van der Waals surface area contributed by atoms with Gasteiger partial charge in [-0.05, 0) is 56.9 Å². The van der Waals surface area contributed by atoms with E-state index in [4.69, 9.17) is 0 Å². The number of hydrogen-bond acceptors (Lipinski definition) is 4. The summed E-state index contributed by atoms with van der Waals surface area (Å²) in [6.45, 7) is 5.89. The van der Waals surface area contributed by atoms with E-state index in [1.165, 1.54) is 0 Å². The number of carbonyl (C=O) groups is 2. The van der Waals surface area contributed by atoms with Crippen molar-refractivity contribution in [2.45, 2.75) is 46.0 Å². The van der Waals surface area contributed by atoms with E-state index in [-0.39, 0.29) is 17.6 Å². The minimum Gasteiger partial charge on any atom is -0.362 e. The number of Topliss-reactive ketones (excluding diaryl/α,β-unsaturated/α-hetero) is 1. The third-order valence-corrected chi connectivity index (χ3v) is 5.59. The molecule has 1 aliphatic heterocycles. The number of hydrogen-bond donors (Lipinski definition) is 2. The molecule has 1 amide bonds. The van der Waals surface area contributed by atoms with Crippen LogP contribution in [-0.4, -0.2) is 16.7 Å². The van der Waals surface area contributed by atoms with E-state index in [0.29, 0.717) is 17.8 Å². The molecule has 5 nitrogen and oxygen atoms in total. The van der Waals surface area contributed by atoms with E-state index < -0.39 is 0 Å². The number of amides is 1. The van der Waals surface area contributed by atoms with Crippen LogP contribution in [0.5, 0.6) is 0 Å². The Bertz CT molecular complexity index is 1050. The molecule has 0 saturated heterocycles. The van der Waals surface area contributed by atoms with Crippen LogP contribution in [0.3, 0.4) is 0 Å². The SMILES string of the molecule is CC1=C(C(=O)Nc2cc(C)ccn2)[C@H](c2ccc(C)cc2)C2=C(CCCC2=O)N1. The Balaban J connectivity index is 1.78. The maximum Gasteiger partial charge on any atom is 0.255 e. The van der Waals surface area contributed by atoms with Crippen molar-refractivity contribution in [3.05, 3.63) is 81.8 Å². The van der Waals surface area contributed by atoms with E-state index in [1.807, 2.05) is 57.2 Å². The number of benzene rings is 1. The zero-order chi connectivity index (χ0) is 20.5. The predicted octanol–water partition coefficient (Wildman–Crippen LogP) is 4.31. The lowest BCUT2D eigenvalue weighted by Gasteiger charge is -2.34. The van der Waals surface area contributed by atoms with Crippen molar-refractivity contribution in [2.75, 3.05) is 5.32 Å². The smallest absolute Gasteiger partial charge is 0.255 e. The predicted molar refractivity (Wildman–Crippen MR) is 113 cm³/mol. The summed E-state index contributed by atoms with van der Waals surface area (Å²) >= 11 is 0. The van der Waals surface area contributed by atoms with Gasteiger partial charge in [0.1, 0.15) is 5.82 Å². The molecule has 5 heteroatoms. The molecule has 29 heavy (non-hydrogen) atoms. The van der Waals surface area contributed by atoms with E-state index in [9.17, 15) is 9.59 Å². The van der Waals surface area contributed by atoms with Gasteiger partial charge in [0.15, 0.2) is 5.78 Å². The number of nitrogens with one attached hydrogen (secondary N) is 2. The molecule has 0 bridgehead atoms. The summed E-state index contributed by atoms with van der Waals surface area (Å²) in [5.41, 5.74) is 6.16. The van der Waals surface area contributed by atoms with Crippen LogP contribution in [0.1, 0.15) is 48.8 Å². The highest BCUT2D eigenvalue weighted by atomic mass is 16.2. The van der Waals surface area contributed by atoms with Gasteiger partial charge in [0.2, 0.25) is 0 Å². The molecule has 4 rings (SSSR count). The van der Waals surface area contributed by atoms with Crippen molar-refractivity contribution in [2.24, 2.45) is 0 Å². The topological polar surface area (TPSA) is 71.1 Å². The Kier molecular flexibility index (Phi) is 5.05. The van der Waals surface area contributed by atoms with Gasteiger partial charge < -0.3 is 10.6 Å². The molecule has 0 radical (unpaired) electrons. The highest BCUT2D eigenvalue weighted by Gasteiger charge is 2.38. The van der Waals surface area contributed by atoms with Gasteiger partial charge in [-0.1, -0.05) is 29.8 Å². The summed E-state index contributed by atoms with van der Waals surface area (Å²) in [5, 5.41) is 6.27. The number of carbonyl (C=O) groups excluding carboxylic acids is 2. The lowest BCUT2D eigenvalue weighted by Crippen LogP contribution is -2.35. The number of anilines is 1. The highest BCUT2D eigenvalue weighted by molar-refractivity contribution is 6.09. The fraction of sp³-hybridized carbons (Fsp3) is 0.292. The molecule has 0 unspecified atom stereocenters. The molecule has 2 heterocycles. The van der Waals surface area contributed by atoms with Crippen molar-refractivity contribution >= 4 is 17.5 Å². The van der Waals surface area contributed by atoms with E-state index in [0.717, 1.165) is 46.5 Å². The summed E-state index contributed by atoms with van der Waals surface area (Å²) in [5.74, 6) is 0.0246. The fourth-order valence-electron chi connectivity index (χ4n) is 4.16. The van der Waals surface area contributed by atoms with Crippen LogP contribution in [0.2, 0.25) is 0 Å². The zero-order valence-electron chi connectivity index (χ0n) is 17.0. The first-order valence-corrected chi connectivity index (χ1v) is 9.98. The Labute approximate surface area is 170 Å². The molecule has 1 aromatic heterocycles. The van der Waals surface area contributed by atoms with Gasteiger partial charge in [0.05, 0.1) is 0 Å². The lowest BCUT2D eigenvalue weighted by atomic mass is 9.75. The highest BCUT2D eigenvalue weighted by Crippen LogP contribution is 2.42. The van der Waals surface area contributed by atoms with E-state index in [1.54, 1.807) is 6.20 Å². The maximum absolute atomic E-state index is 13.3. The first-order chi connectivity index (χ1) is 13.9. The number of nitrogens with zero attached hydrogens (tertiary/aromatic N) is 1. The van der Waals surface area contributed by atoms with Crippen molar-refractivity contribution in [1.29, 1.82) is 0 Å². The van der Waals surface area contributed by atoms with Crippen molar-refractivity contribution in [3.8, 4) is 0 Å². The monoisotopic (exact) mass is 387 g/mol. The average Bonchev–Trinajstić information content (AvgIpc) is 2.67. The molecule has 148 valence electrons. The Morgan fingerprint density at radius 3 is 2.55 bits per heavy atom. The number of allylic oxidation sites excluding steroid dienone is 3. The molecule has 1 aromatic carbocycles. The first kappa shape index (κ1) is 19.1. The molecular weight excluding hydrogens is 362 g/mol. The third kappa shape index (κ3) is 3.73. The maximum atomic E-state index is 13.3. The van der Waals surface area contributed by atoms with Gasteiger partial charge in [-0.15, -0.1) is 0 Å². The molecule has 1 aliphatic carbocycles. The second-order valence-corrected chi connectivity index (χ2v) is 7.85. The van der Waals surface area contributed by atoms with Crippen molar-refractivity contribution in [3.63, 3.8) is 0 Å². The van der Waals surface area contributed by atoms with Gasteiger partial charge in [-0.25, -0.2) is 4.98 Å². The molecule has 0 spiro atoms. The van der Waals surface area contributed by atoms with Crippen LogP contribution in [0.25, 0.3) is 0 Å². The van der Waals surface area contributed by atoms with Gasteiger partial charge >= 0.3 is 0 Å². The second kappa shape index (κ2) is 7.66. The standard InChI is InChI=1S/C24H25N3O2/c1-14-7-9-17(10-8-14)22-21(24(29)27-20-13-15(2)11-12-25-20)16(3)26-18-5-4-6-19(28)23(18)22/h7-13,22,26H,4-6H2,1-3H3,(H,25,27,29)/t22-/m0/s1. The zero-order valence-corrected chi connectivity index (χ0v) is 17.0. The number of ketones is 1. The Hall–Kier alpha value is -3.21. The van der Waals surface area contributed by atoms with Crippen LogP contribution in [0.15, 0.2) is 65.1 Å². The van der Waals surface area contributed by atoms with Crippen molar-refractivity contribution < 1.29 is 9.59 Å². The minimum absolute atomic E-state index is 0.121. The van der Waals surface area contributed by atoms with Gasteiger partial charge in [0.25, 0.3) is 5.91 Å². The summed E-state index contributed by atoms with van der Waals surface area (Å²) in [6, 6.07) is 11.8. The Morgan fingerprint density at radius 1 is 1.07 bits per heavy atom. The van der Waals surface area contributed by atoms with Crippen LogP contribution in [-0.2, 0) is 9.59 Å². The van der Waals surface area contributed by atoms with Crippen LogP contribution < -0.4 is 10.6 Å². The van der Waals surface area contributed by atoms with Crippen LogP contribution >= 0.6 is 0 Å². The third-order valence-electron chi connectivity index (χ3n) is 5.59. The Morgan fingerprint density at radius 2 is 1.83 bits per heavy atom. The second-order valence-electron chi connectivity index (χ2n) is 7.85. The summed E-state index contributed by atoms with van der Waals surface area (Å²) in [6.07, 6.45) is 3.87. The molecule has 0 saturated carbocycles. The lowest BCUT2D eigenvalue weighted by molar-refractivity contribution is -0.116. The van der Waals surface area contributed by atoms with Crippen molar-refractivity contribution in [1.82, 2.24) is 10.3 Å². The molecule has 1 atom stereocenters. The van der Waals surface area contributed by atoms with Gasteiger partial charge in [-0.3, -0.25) is 9.59 Å². The average molecular weight is 387 g/mol. The molecular formula is C24H25N3O2. The molecule has 2 N–H and O–H groups in total. The summed E-state index contributed by atoms with van der Waals surface area (Å²) in [4.78, 5) is 30.5. The number of aryl methyl sites for hydroxylation is 2. The fourth-order valence-corrected chi connectivity index (χ4v) is 4.16. The summed E-state index contributed by atoms with van der Waals surface area (Å²) < 4.78 is 0. The summed E-state index contributed by atoms with van der Waals surface area (Å²) in [7, 11) is 0. The van der Waals surface area contributed by atoms with E-state index >= 15 is 0 Å². The number of aromatic nitrogens is 1. The van der Waals surface area contributed by atoms with E-state index in [2.05, 4.69) is 15.6 Å². The quantitative estimate of drug-likeness (QED) is 0.823.